The fourth-order valence-corrected chi connectivity index (χ4v) is 4.86. The SMILES string of the molecule is C=CCn1c(=O)c2cnc(Nc3ccc4c(cnn4C)c3)nc2n1-c1cccc(N[C@@H]2CCN(C)C2)n1. The number of pyridine rings is 1. The summed E-state index contributed by atoms with van der Waals surface area (Å²) in [5, 5.41) is 12.5. The number of aromatic nitrogens is 7. The van der Waals surface area contributed by atoms with E-state index in [0.29, 0.717) is 35.4 Å². The first-order valence-corrected chi connectivity index (χ1v) is 12.2. The average molecular weight is 497 g/mol. The van der Waals surface area contributed by atoms with E-state index in [0.717, 1.165) is 41.9 Å². The summed E-state index contributed by atoms with van der Waals surface area (Å²) in [6.07, 6.45) is 6.11. The highest BCUT2D eigenvalue weighted by Gasteiger charge is 2.21. The van der Waals surface area contributed by atoms with Crippen LogP contribution in [0.1, 0.15) is 6.42 Å². The normalized spacial score (nSPS) is 16.0. The fourth-order valence-electron chi connectivity index (χ4n) is 4.86. The highest BCUT2D eigenvalue weighted by atomic mass is 16.1. The molecule has 1 atom stereocenters. The van der Waals surface area contributed by atoms with Crippen LogP contribution in [-0.4, -0.2) is 65.2 Å². The molecule has 1 saturated heterocycles. The van der Waals surface area contributed by atoms with E-state index in [-0.39, 0.29) is 5.56 Å². The minimum Gasteiger partial charge on any atom is -0.366 e. The summed E-state index contributed by atoms with van der Waals surface area (Å²) in [5.74, 6) is 1.73. The number of allylic oxidation sites excluding steroid dienone is 1. The van der Waals surface area contributed by atoms with Crippen molar-refractivity contribution in [2.24, 2.45) is 7.05 Å². The Kier molecular flexibility index (Phi) is 5.68. The lowest BCUT2D eigenvalue weighted by atomic mass is 10.2. The van der Waals surface area contributed by atoms with Crippen molar-refractivity contribution in [1.29, 1.82) is 0 Å². The van der Waals surface area contributed by atoms with Gasteiger partial charge in [-0.1, -0.05) is 12.1 Å². The summed E-state index contributed by atoms with van der Waals surface area (Å²) in [6.45, 7) is 6.16. The molecule has 1 fully saturated rings. The second-order valence-corrected chi connectivity index (χ2v) is 9.36. The van der Waals surface area contributed by atoms with E-state index < -0.39 is 0 Å². The summed E-state index contributed by atoms with van der Waals surface area (Å²) in [4.78, 5) is 29.5. The van der Waals surface area contributed by atoms with Gasteiger partial charge >= 0.3 is 0 Å². The number of fused-ring (bicyclic) bond motifs is 2. The Morgan fingerprint density at radius 3 is 2.86 bits per heavy atom. The molecule has 6 rings (SSSR count). The van der Waals surface area contributed by atoms with Gasteiger partial charge in [-0.15, -0.1) is 6.58 Å². The second-order valence-electron chi connectivity index (χ2n) is 9.36. The van der Waals surface area contributed by atoms with Crippen LogP contribution in [0.25, 0.3) is 27.8 Å². The van der Waals surface area contributed by atoms with E-state index in [4.69, 9.17) is 9.97 Å². The molecule has 0 spiro atoms. The van der Waals surface area contributed by atoms with Crippen LogP contribution in [0.4, 0.5) is 17.5 Å². The summed E-state index contributed by atoms with van der Waals surface area (Å²) >= 11 is 0. The zero-order valence-electron chi connectivity index (χ0n) is 20.8. The number of hydrogen-bond donors (Lipinski definition) is 2. The molecule has 5 heterocycles. The molecule has 188 valence electrons. The van der Waals surface area contributed by atoms with Gasteiger partial charge in [0.1, 0.15) is 11.2 Å². The largest absolute Gasteiger partial charge is 0.366 e. The number of nitrogens with one attached hydrogen (secondary N) is 2. The number of likely N-dealkylation sites (tertiary alicyclic amines) is 1. The zero-order chi connectivity index (χ0) is 25.5. The third-order valence-electron chi connectivity index (χ3n) is 6.67. The van der Waals surface area contributed by atoms with Gasteiger partial charge in [-0.05, 0) is 50.3 Å². The van der Waals surface area contributed by atoms with Crippen LogP contribution in [0.2, 0.25) is 0 Å². The van der Waals surface area contributed by atoms with E-state index in [2.05, 4.69) is 39.2 Å². The molecule has 37 heavy (non-hydrogen) atoms. The van der Waals surface area contributed by atoms with E-state index in [1.807, 2.05) is 54.3 Å². The molecular formula is C26H28N10O. The molecule has 0 bridgehead atoms. The van der Waals surface area contributed by atoms with Crippen molar-refractivity contribution < 1.29 is 0 Å². The smallest absolute Gasteiger partial charge is 0.278 e. The minimum absolute atomic E-state index is 0.198. The number of likely N-dealkylation sites (N-methyl/N-ethyl adjacent to an activating group) is 1. The van der Waals surface area contributed by atoms with Crippen molar-refractivity contribution >= 4 is 39.4 Å². The zero-order valence-corrected chi connectivity index (χ0v) is 20.8. The Bertz CT molecular complexity index is 1680. The molecule has 1 aliphatic heterocycles. The van der Waals surface area contributed by atoms with Gasteiger partial charge in [0, 0.05) is 36.9 Å². The van der Waals surface area contributed by atoms with E-state index in [9.17, 15) is 4.79 Å². The maximum atomic E-state index is 13.3. The first-order valence-electron chi connectivity index (χ1n) is 12.2. The number of rotatable bonds is 7. The lowest BCUT2D eigenvalue weighted by Crippen LogP contribution is -2.25. The molecule has 11 heteroatoms. The minimum atomic E-state index is -0.198. The van der Waals surface area contributed by atoms with Crippen molar-refractivity contribution in [3.05, 3.63) is 71.8 Å². The van der Waals surface area contributed by atoms with Gasteiger partial charge < -0.3 is 15.5 Å². The molecule has 1 aliphatic rings. The van der Waals surface area contributed by atoms with Gasteiger partial charge in [0.15, 0.2) is 11.5 Å². The third-order valence-corrected chi connectivity index (χ3v) is 6.67. The first-order chi connectivity index (χ1) is 18.0. The van der Waals surface area contributed by atoms with Gasteiger partial charge in [0.05, 0.1) is 18.3 Å². The van der Waals surface area contributed by atoms with E-state index in [1.165, 1.54) is 0 Å². The Balaban J connectivity index is 1.40. The summed E-state index contributed by atoms with van der Waals surface area (Å²) in [7, 11) is 4.02. The highest BCUT2D eigenvalue weighted by Crippen LogP contribution is 2.23. The molecule has 4 aromatic heterocycles. The molecule has 0 aliphatic carbocycles. The molecule has 0 radical (unpaired) electrons. The topological polar surface area (TPSA) is 111 Å². The summed E-state index contributed by atoms with van der Waals surface area (Å²) in [6, 6.07) is 12.0. The van der Waals surface area contributed by atoms with Gasteiger partial charge in [0.25, 0.3) is 5.56 Å². The summed E-state index contributed by atoms with van der Waals surface area (Å²) < 4.78 is 5.14. The van der Waals surface area contributed by atoms with Crippen LogP contribution >= 0.6 is 0 Å². The number of anilines is 3. The van der Waals surface area contributed by atoms with Crippen LogP contribution in [-0.2, 0) is 13.6 Å². The molecular weight excluding hydrogens is 468 g/mol. The molecule has 1 aromatic carbocycles. The fraction of sp³-hybridized carbons (Fsp3) is 0.269. The Labute approximate surface area is 213 Å². The number of aryl methyl sites for hydroxylation is 1. The Morgan fingerprint density at radius 1 is 1.16 bits per heavy atom. The Morgan fingerprint density at radius 2 is 2.05 bits per heavy atom. The molecule has 0 amide bonds. The van der Waals surface area contributed by atoms with Crippen molar-refractivity contribution in [3.8, 4) is 5.82 Å². The van der Waals surface area contributed by atoms with Crippen molar-refractivity contribution in [2.45, 2.75) is 19.0 Å². The van der Waals surface area contributed by atoms with Crippen molar-refractivity contribution in [1.82, 2.24) is 39.0 Å². The second kappa shape index (κ2) is 9.17. The maximum Gasteiger partial charge on any atom is 0.278 e. The van der Waals surface area contributed by atoms with Gasteiger partial charge in [-0.25, -0.2) is 19.3 Å². The van der Waals surface area contributed by atoms with Gasteiger partial charge in [0.2, 0.25) is 5.95 Å². The third kappa shape index (κ3) is 4.23. The molecule has 2 N–H and O–H groups in total. The highest BCUT2D eigenvalue weighted by molar-refractivity contribution is 5.83. The molecule has 11 nitrogen and oxygen atoms in total. The number of benzene rings is 1. The standard InChI is InChI=1S/C26H28N10O/c1-4-11-35-25(37)20-15-27-26(30-18-8-9-21-17(13-18)14-28-34(21)3)32-24(20)36(35)23-7-5-6-22(31-23)29-19-10-12-33(2)16-19/h4-9,13-15,19H,1,10-12,16H2,2-3H3,(H,29,31)(H,27,30,32)/t19-/m1/s1. The van der Waals surface area contributed by atoms with Crippen LogP contribution in [0.15, 0.2) is 66.2 Å². The molecule has 0 unspecified atom stereocenters. The van der Waals surface area contributed by atoms with Gasteiger partial charge in [-0.2, -0.15) is 10.1 Å². The van der Waals surface area contributed by atoms with Crippen LogP contribution in [0, 0.1) is 0 Å². The van der Waals surface area contributed by atoms with Gasteiger partial charge in [-0.3, -0.25) is 9.48 Å². The monoisotopic (exact) mass is 496 g/mol. The van der Waals surface area contributed by atoms with E-state index in [1.54, 1.807) is 21.6 Å². The maximum absolute atomic E-state index is 13.3. The number of hydrogen-bond acceptors (Lipinski definition) is 8. The molecule has 0 saturated carbocycles. The van der Waals surface area contributed by atoms with Crippen molar-refractivity contribution in [3.63, 3.8) is 0 Å². The van der Waals surface area contributed by atoms with Crippen molar-refractivity contribution in [2.75, 3.05) is 30.8 Å². The average Bonchev–Trinajstić information content (AvgIpc) is 3.55. The summed E-state index contributed by atoms with van der Waals surface area (Å²) in [5.41, 5.74) is 2.12. The lowest BCUT2D eigenvalue weighted by molar-refractivity contribution is 0.414. The predicted octanol–water partition coefficient (Wildman–Crippen LogP) is 2.91. The van der Waals surface area contributed by atoms with Crippen LogP contribution in [0.3, 0.4) is 0 Å². The quantitative estimate of drug-likeness (QED) is 0.331. The lowest BCUT2D eigenvalue weighted by Gasteiger charge is -2.15. The van der Waals surface area contributed by atoms with E-state index >= 15 is 0 Å². The molecule has 5 aromatic rings. The Hall–Kier alpha value is -4.51. The van der Waals surface area contributed by atoms with Crippen LogP contribution in [0.5, 0.6) is 0 Å². The number of nitrogens with zero attached hydrogens (tertiary/aromatic N) is 8. The first kappa shape index (κ1) is 22.9. The van der Waals surface area contributed by atoms with Crippen LogP contribution < -0.4 is 16.2 Å². The predicted molar refractivity (Wildman–Crippen MR) is 145 cm³/mol.